The van der Waals surface area contributed by atoms with Crippen LogP contribution >= 0.6 is 11.3 Å². The lowest BCUT2D eigenvalue weighted by atomic mass is 10.3. The van der Waals surface area contributed by atoms with E-state index >= 15 is 0 Å². The fraction of sp³-hybridized carbons (Fsp3) is 0. The van der Waals surface area contributed by atoms with Gasteiger partial charge >= 0.3 is 0 Å². The quantitative estimate of drug-likeness (QED) is 0.368. The Morgan fingerprint density at radius 3 is 1.54 bits per heavy atom. The first-order valence-electron chi connectivity index (χ1n) is 7.66. The number of hydrogen-bond donors (Lipinski definition) is 0. The Morgan fingerprint density at radius 1 is 0.583 bits per heavy atom. The Bertz CT molecular complexity index is 990. The number of fused-ring (bicyclic) bond motifs is 8. The number of thiophene rings is 1. The van der Waals surface area contributed by atoms with Crippen LogP contribution in [0.25, 0.3) is 44.9 Å². The molecule has 5 heterocycles. The van der Waals surface area contributed by atoms with Crippen LogP contribution in [-0.2, 0) is 0 Å². The average molecular weight is 328 g/mol. The molecule has 24 heavy (non-hydrogen) atoms. The number of hydrogen-bond acceptors (Lipinski definition) is 4. The van der Waals surface area contributed by atoms with Crippen molar-refractivity contribution < 1.29 is 4.42 Å². The molecule has 3 aromatic rings. The third kappa shape index (κ3) is 2.57. The predicted octanol–water partition coefficient (Wildman–Crippen LogP) is 5.65. The molecule has 0 aliphatic carbocycles. The van der Waals surface area contributed by atoms with E-state index in [-0.39, 0.29) is 0 Å². The van der Waals surface area contributed by atoms with Crippen LogP contribution in [0, 0.1) is 0 Å². The third-order valence-corrected chi connectivity index (χ3v) is 4.80. The molecule has 4 heteroatoms. The molecule has 0 saturated carbocycles. The van der Waals surface area contributed by atoms with E-state index in [0.717, 1.165) is 33.9 Å². The second-order valence-corrected chi connectivity index (χ2v) is 6.79. The van der Waals surface area contributed by atoms with Gasteiger partial charge in [0.05, 0.1) is 22.8 Å². The molecular weight excluding hydrogens is 316 g/mol. The van der Waals surface area contributed by atoms with E-state index < -0.39 is 0 Å². The summed E-state index contributed by atoms with van der Waals surface area (Å²) in [7, 11) is 0. The molecule has 2 aliphatic heterocycles. The molecule has 0 saturated heterocycles. The minimum Gasteiger partial charge on any atom is -0.457 e. The molecule has 0 aromatic carbocycles. The zero-order valence-electron chi connectivity index (χ0n) is 12.6. The number of furan rings is 1. The highest BCUT2D eigenvalue weighted by Crippen LogP contribution is 2.22. The van der Waals surface area contributed by atoms with Crippen molar-refractivity contribution in [2.75, 3.05) is 0 Å². The van der Waals surface area contributed by atoms with Gasteiger partial charge in [0.2, 0.25) is 0 Å². The van der Waals surface area contributed by atoms with E-state index in [1.165, 1.54) is 9.40 Å². The Balaban J connectivity index is 1.85. The molecule has 114 valence electrons. The fourth-order valence-corrected chi connectivity index (χ4v) is 3.64. The predicted molar refractivity (Wildman–Crippen MR) is 100 cm³/mol. The molecule has 0 atom stereocenters. The van der Waals surface area contributed by atoms with Crippen LogP contribution in [-0.4, -0.2) is 9.97 Å². The van der Waals surface area contributed by atoms with Crippen LogP contribution < -0.4 is 0 Å². The Kier molecular flexibility index (Phi) is 2.96. The monoisotopic (exact) mass is 328 g/mol. The zero-order chi connectivity index (χ0) is 15.9. The minimum atomic E-state index is 0.787. The molecule has 0 amide bonds. The van der Waals surface area contributed by atoms with Crippen molar-refractivity contribution in [3.8, 4) is 0 Å². The van der Waals surface area contributed by atoms with Gasteiger partial charge in [-0.25, -0.2) is 9.97 Å². The van der Waals surface area contributed by atoms with Crippen LogP contribution in [0.1, 0.15) is 22.8 Å². The van der Waals surface area contributed by atoms with Crippen LogP contribution in [0.15, 0.2) is 52.9 Å². The molecule has 0 radical (unpaired) electrons. The summed E-state index contributed by atoms with van der Waals surface area (Å²) in [6.45, 7) is 0. The van der Waals surface area contributed by atoms with Crippen molar-refractivity contribution in [1.29, 1.82) is 0 Å². The summed E-state index contributed by atoms with van der Waals surface area (Å²) in [6.07, 6.45) is 8.05. The summed E-state index contributed by atoms with van der Waals surface area (Å²) in [5.74, 6) is 0. The number of aromatic nitrogens is 2. The van der Waals surface area contributed by atoms with Crippen LogP contribution in [0.3, 0.4) is 0 Å². The van der Waals surface area contributed by atoms with Gasteiger partial charge in [0.15, 0.2) is 0 Å². The maximum atomic E-state index is 5.83. The Labute approximate surface area is 142 Å². The molecule has 0 N–H and O–H groups in total. The van der Waals surface area contributed by atoms with Crippen molar-refractivity contribution in [3.63, 3.8) is 0 Å². The summed E-state index contributed by atoms with van der Waals surface area (Å²) in [4.78, 5) is 9.24. The second-order valence-electron chi connectivity index (χ2n) is 5.65. The number of nitrogens with zero attached hydrogens (tertiary/aromatic N) is 2. The highest BCUT2D eigenvalue weighted by atomic mass is 32.1. The highest BCUT2D eigenvalue weighted by molar-refractivity contribution is 7.23. The van der Waals surface area contributed by atoms with Crippen LogP contribution in [0.4, 0.5) is 0 Å². The summed E-state index contributed by atoms with van der Waals surface area (Å²) < 4.78 is 8.19. The third-order valence-electron chi connectivity index (χ3n) is 3.82. The molecule has 5 rings (SSSR count). The smallest absolute Gasteiger partial charge is 0.129 e. The largest absolute Gasteiger partial charge is 0.457 e. The molecule has 3 aromatic heterocycles. The first kappa shape index (κ1) is 13.5. The Hall–Kier alpha value is -2.98. The van der Waals surface area contributed by atoms with Gasteiger partial charge in [-0.3, -0.25) is 0 Å². The SMILES string of the molecule is C1=Cc2cc3ccc(cc4nc(cc5ccc(cc1n2)o5)C=C4)s3. The van der Waals surface area contributed by atoms with Crippen molar-refractivity contribution in [3.05, 3.63) is 71.3 Å². The molecular formula is C20H12N2OS. The van der Waals surface area contributed by atoms with Crippen molar-refractivity contribution in [2.45, 2.75) is 0 Å². The lowest BCUT2D eigenvalue weighted by Gasteiger charge is -1.84. The Morgan fingerprint density at radius 2 is 1.04 bits per heavy atom. The van der Waals surface area contributed by atoms with Crippen molar-refractivity contribution in [2.24, 2.45) is 0 Å². The first-order valence-corrected chi connectivity index (χ1v) is 8.48. The summed E-state index contributed by atoms with van der Waals surface area (Å²) in [6, 6.07) is 16.2. The highest BCUT2D eigenvalue weighted by Gasteiger charge is 2.02. The minimum absolute atomic E-state index is 0.787. The van der Waals surface area contributed by atoms with E-state index in [1.807, 2.05) is 48.6 Å². The van der Waals surface area contributed by atoms with E-state index in [0.29, 0.717) is 0 Å². The molecule has 2 aliphatic rings. The van der Waals surface area contributed by atoms with Gasteiger partial charge in [-0.1, -0.05) is 0 Å². The van der Waals surface area contributed by atoms with Gasteiger partial charge < -0.3 is 4.42 Å². The molecule has 0 unspecified atom stereocenters. The van der Waals surface area contributed by atoms with Gasteiger partial charge in [0.1, 0.15) is 11.2 Å². The molecule has 0 spiro atoms. The van der Waals surface area contributed by atoms with E-state index in [2.05, 4.69) is 34.2 Å². The van der Waals surface area contributed by atoms with Gasteiger partial charge in [-0.15, -0.1) is 11.3 Å². The lowest BCUT2D eigenvalue weighted by Crippen LogP contribution is -1.71. The van der Waals surface area contributed by atoms with Crippen molar-refractivity contribution >= 4 is 56.2 Å². The van der Waals surface area contributed by atoms with Gasteiger partial charge in [-0.05, 0) is 60.7 Å². The van der Waals surface area contributed by atoms with Gasteiger partial charge in [0, 0.05) is 21.5 Å². The summed E-state index contributed by atoms with van der Waals surface area (Å²) in [5, 5.41) is 0. The first-order chi connectivity index (χ1) is 11.8. The fourth-order valence-electron chi connectivity index (χ4n) is 2.74. The normalized spacial score (nSPS) is 12.7. The lowest BCUT2D eigenvalue weighted by molar-refractivity contribution is 0.665. The number of rotatable bonds is 0. The maximum absolute atomic E-state index is 5.83. The maximum Gasteiger partial charge on any atom is 0.129 e. The zero-order valence-corrected chi connectivity index (χ0v) is 13.5. The standard InChI is InChI=1S/C20H12N2OS/c1-3-15-11-19-7-8-20(24-19)12-16-4-2-14(22-16)10-18-6-5-17(23-18)9-13(1)21-15/h1-12H. The van der Waals surface area contributed by atoms with E-state index in [4.69, 9.17) is 4.42 Å². The molecule has 3 nitrogen and oxygen atoms in total. The summed E-state index contributed by atoms with van der Waals surface area (Å²) in [5.41, 5.74) is 5.27. The molecule has 0 fully saturated rings. The van der Waals surface area contributed by atoms with Gasteiger partial charge in [-0.2, -0.15) is 0 Å². The molecule has 8 bridgehead atoms. The summed E-state index contributed by atoms with van der Waals surface area (Å²) >= 11 is 1.73. The van der Waals surface area contributed by atoms with Crippen LogP contribution in [0.5, 0.6) is 0 Å². The van der Waals surface area contributed by atoms with Crippen molar-refractivity contribution in [1.82, 2.24) is 9.97 Å². The van der Waals surface area contributed by atoms with Gasteiger partial charge in [0.25, 0.3) is 0 Å². The topological polar surface area (TPSA) is 38.9 Å². The van der Waals surface area contributed by atoms with Crippen LogP contribution in [0.2, 0.25) is 0 Å². The van der Waals surface area contributed by atoms with E-state index in [1.54, 1.807) is 11.3 Å². The second kappa shape index (κ2) is 5.28. The average Bonchev–Trinajstić information content (AvgIpc) is 3.32. The van der Waals surface area contributed by atoms with E-state index in [9.17, 15) is 0 Å².